The minimum Gasteiger partial charge on any atom is -0.371 e. The minimum atomic E-state index is -1.26. The molecule has 1 aromatic rings. The van der Waals surface area contributed by atoms with E-state index in [9.17, 15) is 8.60 Å². The lowest BCUT2D eigenvalue weighted by molar-refractivity contribution is 0.254. The quantitative estimate of drug-likeness (QED) is 0.719. The molecule has 1 rings (SSSR count). The lowest BCUT2D eigenvalue weighted by atomic mass is 10.4. The standard InChI is InChI=1S/C8H9FO2S/c1-11-6-12(10)8-4-2-3-7(9)5-8/h2-5H,6H2,1H3. The Balaban J connectivity index is 2.81. The highest BCUT2D eigenvalue weighted by Gasteiger charge is 2.02. The molecule has 0 aliphatic carbocycles. The predicted molar refractivity (Wildman–Crippen MR) is 44.7 cm³/mol. The Morgan fingerprint density at radius 1 is 1.58 bits per heavy atom. The van der Waals surface area contributed by atoms with Crippen LogP contribution in [0.3, 0.4) is 0 Å². The van der Waals surface area contributed by atoms with Crippen molar-refractivity contribution in [2.24, 2.45) is 0 Å². The molecule has 0 aliphatic heterocycles. The van der Waals surface area contributed by atoms with Crippen LogP contribution in [0.4, 0.5) is 4.39 Å². The van der Waals surface area contributed by atoms with Gasteiger partial charge in [-0.2, -0.15) is 0 Å². The number of benzene rings is 1. The largest absolute Gasteiger partial charge is 0.371 e. The van der Waals surface area contributed by atoms with E-state index in [2.05, 4.69) is 4.74 Å². The third kappa shape index (κ3) is 2.39. The van der Waals surface area contributed by atoms with E-state index in [1.165, 1.54) is 25.3 Å². The average molecular weight is 188 g/mol. The summed E-state index contributed by atoms with van der Waals surface area (Å²) in [5, 5.41) is 0. The van der Waals surface area contributed by atoms with Gasteiger partial charge in [-0.05, 0) is 18.2 Å². The van der Waals surface area contributed by atoms with Crippen molar-refractivity contribution in [3.8, 4) is 0 Å². The van der Waals surface area contributed by atoms with Gasteiger partial charge in [-0.25, -0.2) is 4.39 Å². The third-order valence-corrected chi connectivity index (χ3v) is 2.51. The summed E-state index contributed by atoms with van der Waals surface area (Å²) in [4.78, 5) is 0.455. The summed E-state index contributed by atoms with van der Waals surface area (Å²) in [6.45, 7) is 0. The summed E-state index contributed by atoms with van der Waals surface area (Å²) in [6, 6.07) is 5.69. The summed E-state index contributed by atoms with van der Waals surface area (Å²) in [5.41, 5.74) is 0. The Labute approximate surface area is 72.8 Å². The van der Waals surface area contributed by atoms with Crippen molar-refractivity contribution in [3.05, 3.63) is 30.1 Å². The fourth-order valence-electron chi connectivity index (χ4n) is 0.784. The molecule has 0 saturated carbocycles. The zero-order valence-electron chi connectivity index (χ0n) is 6.62. The topological polar surface area (TPSA) is 26.3 Å². The van der Waals surface area contributed by atoms with E-state index in [-0.39, 0.29) is 11.8 Å². The molecular weight excluding hydrogens is 179 g/mol. The third-order valence-electron chi connectivity index (χ3n) is 1.28. The van der Waals surface area contributed by atoms with Crippen LogP contribution < -0.4 is 0 Å². The molecule has 2 nitrogen and oxygen atoms in total. The maximum Gasteiger partial charge on any atom is 0.126 e. The van der Waals surface area contributed by atoms with E-state index in [4.69, 9.17) is 0 Å². The Kier molecular flexibility index (Phi) is 3.37. The number of rotatable bonds is 3. The zero-order valence-corrected chi connectivity index (χ0v) is 7.44. The van der Waals surface area contributed by atoms with Crippen LogP contribution in [-0.2, 0) is 15.5 Å². The molecule has 0 spiro atoms. The molecule has 0 N–H and O–H groups in total. The molecule has 0 amide bonds. The summed E-state index contributed by atoms with van der Waals surface area (Å²) in [5.74, 6) is -0.277. The first-order valence-electron chi connectivity index (χ1n) is 3.37. The molecule has 1 aromatic carbocycles. The molecular formula is C8H9FO2S. The van der Waals surface area contributed by atoms with Crippen molar-refractivity contribution in [2.45, 2.75) is 4.90 Å². The van der Waals surface area contributed by atoms with Crippen LogP contribution in [0.25, 0.3) is 0 Å². The SMILES string of the molecule is COCS(=O)c1cccc(F)c1. The molecule has 0 saturated heterocycles. The number of methoxy groups -OCH3 is 1. The minimum absolute atomic E-state index is 0.101. The van der Waals surface area contributed by atoms with E-state index < -0.39 is 10.8 Å². The van der Waals surface area contributed by atoms with E-state index in [0.717, 1.165) is 0 Å². The highest BCUT2D eigenvalue weighted by atomic mass is 32.2. The van der Waals surface area contributed by atoms with Gasteiger partial charge in [0.15, 0.2) is 0 Å². The van der Waals surface area contributed by atoms with Gasteiger partial charge in [0.05, 0.1) is 10.8 Å². The fraction of sp³-hybridized carbons (Fsp3) is 0.250. The maximum atomic E-state index is 12.6. The van der Waals surface area contributed by atoms with Crippen LogP contribution in [0.1, 0.15) is 0 Å². The fourth-order valence-corrected chi connectivity index (χ4v) is 1.61. The van der Waals surface area contributed by atoms with Crippen LogP contribution in [0.15, 0.2) is 29.2 Å². The van der Waals surface area contributed by atoms with Crippen LogP contribution in [0.5, 0.6) is 0 Å². The molecule has 4 heteroatoms. The molecule has 0 radical (unpaired) electrons. The van der Waals surface area contributed by atoms with Crippen molar-refractivity contribution >= 4 is 10.8 Å². The van der Waals surface area contributed by atoms with Gasteiger partial charge in [-0.1, -0.05) is 6.07 Å². The molecule has 1 unspecified atom stereocenters. The number of hydrogen-bond acceptors (Lipinski definition) is 2. The Morgan fingerprint density at radius 2 is 2.33 bits per heavy atom. The highest BCUT2D eigenvalue weighted by molar-refractivity contribution is 7.84. The number of halogens is 1. The van der Waals surface area contributed by atoms with Crippen molar-refractivity contribution < 1.29 is 13.3 Å². The Hall–Kier alpha value is -0.740. The molecule has 66 valence electrons. The summed E-state index contributed by atoms with van der Waals surface area (Å²) in [7, 11) is 0.200. The molecule has 0 aliphatic rings. The van der Waals surface area contributed by atoms with Gasteiger partial charge in [-0.3, -0.25) is 4.21 Å². The summed E-state index contributed by atoms with van der Waals surface area (Å²) < 4.78 is 28.5. The molecule has 0 heterocycles. The van der Waals surface area contributed by atoms with E-state index in [0.29, 0.717) is 4.90 Å². The summed E-state index contributed by atoms with van der Waals surface area (Å²) in [6.07, 6.45) is 0. The Bertz CT molecular complexity index is 288. The molecule has 0 fully saturated rings. The van der Waals surface area contributed by atoms with E-state index in [1.54, 1.807) is 6.07 Å². The maximum absolute atomic E-state index is 12.6. The normalized spacial score (nSPS) is 12.8. The van der Waals surface area contributed by atoms with E-state index in [1.807, 2.05) is 0 Å². The lowest BCUT2D eigenvalue weighted by Crippen LogP contribution is -1.99. The van der Waals surface area contributed by atoms with Gasteiger partial charge in [0.1, 0.15) is 11.8 Å². The van der Waals surface area contributed by atoms with Gasteiger partial charge in [0.2, 0.25) is 0 Å². The van der Waals surface area contributed by atoms with Gasteiger partial charge < -0.3 is 4.74 Å². The van der Waals surface area contributed by atoms with Crippen LogP contribution in [0, 0.1) is 5.82 Å². The number of ether oxygens (including phenoxy) is 1. The zero-order chi connectivity index (χ0) is 8.97. The first kappa shape index (κ1) is 9.35. The summed E-state index contributed by atoms with van der Waals surface area (Å²) >= 11 is 0. The number of hydrogen-bond donors (Lipinski definition) is 0. The molecule has 0 aromatic heterocycles. The van der Waals surface area contributed by atoms with Gasteiger partial charge >= 0.3 is 0 Å². The second-order valence-corrected chi connectivity index (χ2v) is 3.61. The molecule has 12 heavy (non-hydrogen) atoms. The van der Waals surface area contributed by atoms with Crippen LogP contribution in [-0.4, -0.2) is 17.3 Å². The molecule has 1 atom stereocenters. The average Bonchev–Trinajstić information content (AvgIpc) is 2.05. The second kappa shape index (κ2) is 4.33. The highest BCUT2D eigenvalue weighted by Crippen LogP contribution is 2.08. The first-order valence-corrected chi connectivity index (χ1v) is 4.69. The van der Waals surface area contributed by atoms with Gasteiger partial charge in [0, 0.05) is 12.0 Å². The van der Waals surface area contributed by atoms with Crippen molar-refractivity contribution in [3.63, 3.8) is 0 Å². The van der Waals surface area contributed by atoms with Crippen molar-refractivity contribution in [2.75, 3.05) is 13.0 Å². The second-order valence-electron chi connectivity index (χ2n) is 2.21. The van der Waals surface area contributed by atoms with Crippen molar-refractivity contribution in [1.82, 2.24) is 0 Å². The predicted octanol–water partition coefficient (Wildman–Crippen LogP) is 1.54. The lowest BCUT2D eigenvalue weighted by Gasteiger charge is -1.99. The smallest absolute Gasteiger partial charge is 0.126 e. The van der Waals surface area contributed by atoms with E-state index >= 15 is 0 Å². The van der Waals surface area contributed by atoms with Gasteiger partial charge in [0.25, 0.3) is 0 Å². The van der Waals surface area contributed by atoms with Gasteiger partial charge in [-0.15, -0.1) is 0 Å². The Morgan fingerprint density at radius 3 is 2.92 bits per heavy atom. The van der Waals surface area contributed by atoms with Crippen molar-refractivity contribution in [1.29, 1.82) is 0 Å². The first-order chi connectivity index (χ1) is 5.74. The monoisotopic (exact) mass is 188 g/mol. The van der Waals surface area contributed by atoms with Crippen LogP contribution >= 0.6 is 0 Å². The molecule has 0 bridgehead atoms. The van der Waals surface area contributed by atoms with Crippen LogP contribution in [0.2, 0.25) is 0 Å².